The van der Waals surface area contributed by atoms with Crippen molar-refractivity contribution < 1.29 is 9.84 Å². The highest BCUT2D eigenvalue weighted by molar-refractivity contribution is 5.80. The minimum atomic E-state index is -0.943. The number of anilines is 3. The number of aromatic nitrogens is 1. The first-order valence-corrected chi connectivity index (χ1v) is 11.0. The first-order chi connectivity index (χ1) is 14.7. The zero-order valence-electron chi connectivity index (χ0n) is 19.5. The lowest BCUT2D eigenvalue weighted by Gasteiger charge is -2.25. The predicted octanol–water partition coefficient (Wildman–Crippen LogP) is 4.58. The van der Waals surface area contributed by atoms with Gasteiger partial charge in [0, 0.05) is 24.8 Å². The van der Waals surface area contributed by atoms with E-state index in [0.29, 0.717) is 17.3 Å². The molecule has 0 saturated carbocycles. The summed E-state index contributed by atoms with van der Waals surface area (Å²) in [6.45, 7) is 11.8. The smallest absolute Gasteiger partial charge is 0.216 e. The molecule has 0 spiro atoms. The van der Waals surface area contributed by atoms with Gasteiger partial charge in [-0.15, -0.1) is 0 Å². The Morgan fingerprint density at radius 3 is 2.65 bits per heavy atom. The third-order valence-corrected chi connectivity index (χ3v) is 4.61. The predicted molar refractivity (Wildman–Crippen MR) is 130 cm³/mol. The number of hydrazone groups is 1. The molecular weight excluding hydrogens is 390 g/mol. The van der Waals surface area contributed by atoms with Crippen molar-refractivity contribution in [1.29, 1.82) is 0 Å². The number of ether oxygens (including phenoxy) is 1. The highest BCUT2D eigenvalue weighted by Gasteiger charge is 2.15. The van der Waals surface area contributed by atoms with Crippen LogP contribution in [0.1, 0.15) is 58.2 Å². The molecule has 0 atom stereocenters. The quantitative estimate of drug-likeness (QED) is 0.261. The summed E-state index contributed by atoms with van der Waals surface area (Å²) in [7, 11) is 0. The summed E-state index contributed by atoms with van der Waals surface area (Å²) in [5.41, 5.74) is 12.2. The van der Waals surface area contributed by atoms with E-state index in [-0.39, 0.29) is 6.61 Å². The maximum atomic E-state index is 10.0. The minimum Gasteiger partial charge on any atom is -0.475 e. The van der Waals surface area contributed by atoms with Crippen molar-refractivity contribution in [2.24, 2.45) is 5.10 Å². The van der Waals surface area contributed by atoms with Crippen LogP contribution in [0.15, 0.2) is 35.4 Å². The molecule has 0 amide bonds. The van der Waals surface area contributed by atoms with Gasteiger partial charge in [-0.1, -0.05) is 26.3 Å². The van der Waals surface area contributed by atoms with E-state index < -0.39 is 5.60 Å². The molecular formula is C24H37N5O2. The van der Waals surface area contributed by atoms with Gasteiger partial charge >= 0.3 is 0 Å². The highest BCUT2D eigenvalue weighted by atomic mass is 16.5. The van der Waals surface area contributed by atoms with Crippen LogP contribution in [0.25, 0.3) is 0 Å². The average molecular weight is 428 g/mol. The Hall–Kier alpha value is -2.80. The largest absolute Gasteiger partial charge is 0.475 e. The molecule has 1 aromatic heterocycles. The van der Waals surface area contributed by atoms with Gasteiger partial charge in [0.05, 0.1) is 28.9 Å². The molecule has 1 heterocycles. The Labute approximate surface area is 186 Å². The summed E-state index contributed by atoms with van der Waals surface area (Å²) >= 11 is 0. The van der Waals surface area contributed by atoms with Crippen LogP contribution in [-0.2, 0) is 0 Å². The second-order valence-electron chi connectivity index (χ2n) is 8.49. The number of nitrogen functional groups attached to an aromatic ring is 1. The Morgan fingerprint density at radius 1 is 1.19 bits per heavy atom. The standard InChI is InChI=1S/C24H37N5O2/c1-6-8-12-29(11-7-2)20-14-19(27-23(15-20)31-17-24(4,5)30)16-26-28-22-13-18(3)9-10-21(22)25/h9-10,13-16,28,30H,6-8,11-12,17,25H2,1-5H3/b26-16+. The van der Waals surface area contributed by atoms with Gasteiger partial charge < -0.3 is 20.5 Å². The molecule has 7 heteroatoms. The molecule has 0 unspecified atom stereocenters. The molecule has 1 aromatic carbocycles. The van der Waals surface area contributed by atoms with Gasteiger partial charge in [-0.3, -0.25) is 5.43 Å². The first-order valence-electron chi connectivity index (χ1n) is 11.0. The molecule has 0 fully saturated rings. The van der Waals surface area contributed by atoms with Crippen LogP contribution in [-0.4, -0.2) is 41.6 Å². The van der Waals surface area contributed by atoms with Gasteiger partial charge in [0.15, 0.2) is 0 Å². The van der Waals surface area contributed by atoms with E-state index in [4.69, 9.17) is 10.5 Å². The lowest BCUT2D eigenvalue weighted by Crippen LogP contribution is -2.28. The van der Waals surface area contributed by atoms with E-state index in [1.54, 1.807) is 20.1 Å². The zero-order chi connectivity index (χ0) is 22.9. The fourth-order valence-corrected chi connectivity index (χ4v) is 3.01. The minimum absolute atomic E-state index is 0.154. The van der Waals surface area contributed by atoms with Crippen molar-refractivity contribution in [3.63, 3.8) is 0 Å². The van der Waals surface area contributed by atoms with Crippen LogP contribution in [0, 0.1) is 6.92 Å². The Morgan fingerprint density at radius 2 is 1.97 bits per heavy atom. The van der Waals surface area contributed by atoms with Crippen LogP contribution in [0.3, 0.4) is 0 Å². The van der Waals surface area contributed by atoms with Gasteiger partial charge in [0.1, 0.15) is 6.61 Å². The molecule has 0 saturated heterocycles. The summed E-state index contributed by atoms with van der Waals surface area (Å²) in [5, 5.41) is 14.4. The summed E-state index contributed by atoms with van der Waals surface area (Å²) in [5.74, 6) is 0.466. The molecule has 0 aliphatic carbocycles. The molecule has 4 N–H and O–H groups in total. The van der Waals surface area contributed by atoms with Crippen LogP contribution >= 0.6 is 0 Å². The summed E-state index contributed by atoms with van der Waals surface area (Å²) < 4.78 is 5.79. The molecule has 7 nitrogen and oxygen atoms in total. The van der Waals surface area contributed by atoms with Crippen molar-refractivity contribution in [1.82, 2.24) is 4.98 Å². The Bertz CT molecular complexity index is 862. The van der Waals surface area contributed by atoms with Gasteiger partial charge in [-0.05, 0) is 57.4 Å². The summed E-state index contributed by atoms with van der Waals surface area (Å²) in [6, 6.07) is 9.70. The van der Waals surface area contributed by atoms with Gasteiger partial charge in [0.25, 0.3) is 0 Å². The number of pyridine rings is 1. The topological polar surface area (TPSA) is 96.0 Å². The number of hydrogen-bond acceptors (Lipinski definition) is 7. The van der Waals surface area contributed by atoms with E-state index in [1.165, 1.54) is 0 Å². The molecule has 31 heavy (non-hydrogen) atoms. The molecule has 2 aromatic rings. The SMILES string of the molecule is CCCCN(CCC)c1cc(/C=N/Nc2cc(C)ccc2N)nc(OCC(C)(C)O)c1. The Kier molecular flexibility index (Phi) is 9.12. The molecule has 0 bridgehead atoms. The first kappa shape index (κ1) is 24.5. The van der Waals surface area contributed by atoms with Crippen molar-refractivity contribution in [2.75, 3.05) is 35.8 Å². The molecule has 2 rings (SSSR count). The van der Waals surface area contributed by atoms with E-state index in [9.17, 15) is 5.11 Å². The van der Waals surface area contributed by atoms with E-state index in [0.717, 1.165) is 49.3 Å². The number of benzene rings is 1. The Balaban J connectivity index is 2.29. The highest BCUT2D eigenvalue weighted by Crippen LogP contribution is 2.23. The monoisotopic (exact) mass is 427 g/mol. The van der Waals surface area contributed by atoms with Gasteiger partial charge in [-0.25, -0.2) is 4.98 Å². The van der Waals surface area contributed by atoms with Gasteiger partial charge in [0.2, 0.25) is 5.88 Å². The number of nitrogens with one attached hydrogen (secondary N) is 1. The van der Waals surface area contributed by atoms with Crippen LogP contribution < -0.4 is 20.8 Å². The van der Waals surface area contributed by atoms with E-state index >= 15 is 0 Å². The zero-order valence-corrected chi connectivity index (χ0v) is 19.5. The normalized spacial score (nSPS) is 11.7. The third-order valence-electron chi connectivity index (χ3n) is 4.61. The van der Waals surface area contributed by atoms with Crippen molar-refractivity contribution >= 4 is 23.3 Å². The number of unbranched alkanes of at least 4 members (excludes halogenated alkanes) is 1. The summed E-state index contributed by atoms with van der Waals surface area (Å²) in [6.07, 6.45) is 4.94. The van der Waals surface area contributed by atoms with Gasteiger partial charge in [-0.2, -0.15) is 5.10 Å². The van der Waals surface area contributed by atoms with Crippen LogP contribution in [0.2, 0.25) is 0 Å². The van der Waals surface area contributed by atoms with Crippen molar-refractivity contribution in [2.45, 2.75) is 59.5 Å². The number of hydrogen-bond donors (Lipinski definition) is 3. The second kappa shape index (κ2) is 11.6. The molecule has 0 aliphatic rings. The second-order valence-corrected chi connectivity index (χ2v) is 8.49. The van der Waals surface area contributed by atoms with Crippen LogP contribution in [0.5, 0.6) is 5.88 Å². The number of nitrogens with two attached hydrogens (primary N) is 1. The van der Waals surface area contributed by atoms with E-state index in [2.05, 4.69) is 34.3 Å². The molecule has 0 aliphatic heterocycles. The van der Waals surface area contributed by atoms with E-state index in [1.807, 2.05) is 37.3 Å². The number of nitrogens with zero attached hydrogens (tertiary/aromatic N) is 3. The average Bonchev–Trinajstić information content (AvgIpc) is 2.71. The fraction of sp³-hybridized carbons (Fsp3) is 0.500. The number of aryl methyl sites for hydroxylation is 1. The maximum absolute atomic E-state index is 10.0. The maximum Gasteiger partial charge on any atom is 0.216 e. The van der Waals surface area contributed by atoms with Crippen molar-refractivity contribution in [3.8, 4) is 5.88 Å². The fourth-order valence-electron chi connectivity index (χ4n) is 3.01. The lowest BCUT2D eigenvalue weighted by atomic mass is 10.2. The summed E-state index contributed by atoms with van der Waals surface area (Å²) in [4.78, 5) is 6.89. The van der Waals surface area contributed by atoms with Crippen LogP contribution in [0.4, 0.5) is 17.1 Å². The third kappa shape index (κ3) is 8.45. The molecule has 0 radical (unpaired) electrons. The van der Waals surface area contributed by atoms with Crippen molar-refractivity contribution in [3.05, 3.63) is 41.6 Å². The lowest BCUT2D eigenvalue weighted by molar-refractivity contribution is 0.0268. The number of rotatable bonds is 12. The number of aliphatic hydroxyl groups is 1. The molecule has 170 valence electrons.